The number of aryl methyl sites for hydroxylation is 1. The summed E-state index contributed by atoms with van der Waals surface area (Å²) in [6, 6.07) is 18.9. The number of hydrogen-bond acceptors (Lipinski definition) is 3. The van der Waals surface area contributed by atoms with Gasteiger partial charge in [-0.15, -0.1) is 0 Å². The highest BCUT2D eigenvalue weighted by Gasteiger charge is 2.39. The van der Waals surface area contributed by atoms with E-state index in [9.17, 15) is 4.79 Å². The molecule has 0 aliphatic carbocycles. The van der Waals surface area contributed by atoms with Crippen LogP contribution in [0.1, 0.15) is 22.6 Å². The van der Waals surface area contributed by atoms with Crippen molar-refractivity contribution in [3.8, 4) is 0 Å². The first-order valence-corrected chi connectivity index (χ1v) is 8.08. The molecule has 0 aromatic heterocycles. The lowest BCUT2D eigenvalue weighted by Crippen LogP contribution is -2.24. The summed E-state index contributed by atoms with van der Waals surface area (Å²) in [5.41, 5.74) is 3.74. The number of methoxy groups -OCH3 is 1. The Balaban J connectivity index is 1.79. The molecule has 1 heterocycles. The van der Waals surface area contributed by atoms with Crippen molar-refractivity contribution in [2.45, 2.75) is 19.4 Å². The van der Waals surface area contributed by atoms with E-state index in [-0.39, 0.29) is 17.8 Å². The Bertz CT molecular complexity index is 651. The minimum Gasteiger partial charge on any atom is -0.469 e. The van der Waals surface area contributed by atoms with Gasteiger partial charge in [-0.25, -0.2) is 0 Å². The lowest BCUT2D eigenvalue weighted by molar-refractivity contribution is -0.145. The molecule has 0 amide bonds. The van der Waals surface area contributed by atoms with E-state index in [0.717, 1.165) is 19.6 Å². The number of carbonyl (C=O) groups is 1. The van der Waals surface area contributed by atoms with Crippen molar-refractivity contribution in [1.82, 2.24) is 4.90 Å². The van der Waals surface area contributed by atoms with Crippen molar-refractivity contribution < 1.29 is 9.53 Å². The zero-order valence-corrected chi connectivity index (χ0v) is 13.7. The summed E-state index contributed by atoms with van der Waals surface area (Å²) in [5, 5.41) is 0. The molecule has 0 N–H and O–H groups in total. The Kier molecular flexibility index (Phi) is 4.77. The summed E-state index contributed by atoms with van der Waals surface area (Å²) in [6.45, 7) is 4.59. The van der Waals surface area contributed by atoms with Crippen LogP contribution in [0, 0.1) is 12.8 Å². The number of benzene rings is 2. The van der Waals surface area contributed by atoms with Crippen LogP contribution in [-0.2, 0) is 16.1 Å². The Morgan fingerprint density at radius 3 is 2.43 bits per heavy atom. The van der Waals surface area contributed by atoms with Gasteiger partial charge < -0.3 is 4.74 Å². The fraction of sp³-hybridized carbons (Fsp3) is 0.350. The number of esters is 1. The second-order valence-electron chi connectivity index (χ2n) is 6.33. The van der Waals surface area contributed by atoms with Crippen molar-refractivity contribution in [2.75, 3.05) is 20.2 Å². The molecule has 3 heteroatoms. The van der Waals surface area contributed by atoms with Crippen molar-refractivity contribution in [3.63, 3.8) is 0 Å². The normalized spacial score (nSPS) is 21.3. The average molecular weight is 309 g/mol. The fourth-order valence-corrected chi connectivity index (χ4v) is 3.40. The van der Waals surface area contributed by atoms with E-state index in [1.165, 1.54) is 23.8 Å². The minimum absolute atomic E-state index is 0.0913. The molecule has 0 bridgehead atoms. The van der Waals surface area contributed by atoms with Crippen LogP contribution in [-0.4, -0.2) is 31.1 Å². The van der Waals surface area contributed by atoms with Gasteiger partial charge in [0.25, 0.3) is 0 Å². The molecule has 0 saturated carbocycles. The van der Waals surface area contributed by atoms with Gasteiger partial charge in [0.1, 0.15) is 0 Å². The second-order valence-corrected chi connectivity index (χ2v) is 6.33. The third-order valence-electron chi connectivity index (χ3n) is 4.65. The first-order valence-electron chi connectivity index (χ1n) is 8.08. The van der Waals surface area contributed by atoms with Crippen LogP contribution < -0.4 is 0 Å². The summed E-state index contributed by atoms with van der Waals surface area (Å²) < 4.78 is 5.04. The minimum atomic E-state index is -0.105. The summed E-state index contributed by atoms with van der Waals surface area (Å²) >= 11 is 0. The van der Waals surface area contributed by atoms with Gasteiger partial charge in [-0.2, -0.15) is 0 Å². The maximum absolute atomic E-state index is 12.2. The van der Waals surface area contributed by atoms with E-state index in [2.05, 4.69) is 60.4 Å². The third kappa shape index (κ3) is 3.62. The Hall–Kier alpha value is -2.13. The second kappa shape index (κ2) is 6.97. The zero-order chi connectivity index (χ0) is 16.2. The van der Waals surface area contributed by atoms with E-state index in [0.29, 0.717) is 0 Å². The molecule has 0 radical (unpaired) electrons. The van der Waals surface area contributed by atoms with E-state index in [4.69, 9.17) is 4.74 Å². The van der Waals surface area contributed by atoms with Crippen LogP contribution in [0.4, 0.5) is 0 Å². The summed E-state index contributed by atoms with van der Waals surface area (Å²) in [6.07, 6.45) is 0. The first kappa shape index (κ1) is 15.8. The lowest BCUT2D eigenvalue weighted by Gasteiger charge is -2.17. The van der Waals surface area contributed by atoms with Crippen molar-refractivity contribution in [2.24, 2.45) is 5.92 Å². The zero-order valence-electron chi connectivity index (χ0n) is 13.7. The SMILES string of the molecule is COC(=O)[C@H]1CN(Cc2ccccc2)C[C@H]1c1ccc(C)cc1. The molecule has 1 fully saturated rings. The quantitative estimate of drug-likeness (QED) is 0.811. The molecule has 23 heavy (non-hydrogen) atoms. The van der Waals surface area contributed by atoms with Gasteiger partial charge >= 0.3 is 5.97 Å². The Labute approximate surface area is 137 Å². The standard InChI is InChI=1S/C20H23NO2/c1-15-8-10-17(11-9-15)18-13-21(14-19(18)20(22)23-2)12-16-6-4-3-5-7-16/h3-11,18-19H,12-14H2,1-2H3/t18-,19-/m0/s1. The van der Waals surface area contributed by atoms with Crippen molar-refractivity contribution in [3.05, 3.63) is 71.3 Å². The molecular weight excluding hydrogens is 286 g/mol. The maximum Gasteiger partial charge on any atom is 0.310 e. The van der Waals surface area contributed by atoms with E-state index in [1.54, 1.807) is 0 Å². The molecule has 120 valence electrons. The molecule has 1 aliphatic rings. The predicted octanol–water partition coefficient (Wildman–Crippen LogP) is 3.38. The van der Waals surface area contributed by atoms with Crippen LogP contribution in [0.5, 0.6) is 0 Å². The monoisotopic (exact) mass is 309 g/mol. The fourth-order valence-electron chi connectivity index (χ4n) is 3.40. The van der Waals surface area contributed by atoms with Gasteiger partial charge in [-0.3, -0.25) is 9.69 Å². The highest BCUT2D eigenvalue weighted by atomic mass is 16.5. The average Bonchev–Trinajstić information content (AvgIpc) is 2.99. The number of carbonyl (C=O) groups excluding carboxylic acids is 1. The summed E-state index contributed by atoms with van der Waals surface area (Å²) in [5.74, 6) is 0.00400. The number of rotatable bonds is 4. The van der Waals surface area contributed by atoms with Crippen LogP contribution >= 0.6 is 0 Å². The molecule has 3 rings (SSSR count). The van der Waals surface area contributed by atoms with E-state index < -0.39 is 0 Å². The molecule has 3 nitrogen and oxygen atoms in total. The number of likely N-dealkylation sites (tertiary alicyclic amines) is 1. The van der Waals surface area contributed by atoms with Crippen LogP contribution in [0.25, 0.3) is 0 Å². The van der Waals surface area contributed by atoms with Gasteiger partial charge in [0.15, 0.2) is 0 Å². The highest BCUT2D eigenvalue weighted by molar-refractivity contribution is 5.74. The van der Waals surface area contributed by atoms with Crippen molar-refractivity contribution in [1.29, 1.82) is 0 Å². The Morgan fingerprint density at radius 2 is 1.78 bits per heavy atom. The van der Waals surface area contributed by atoms with Crippen molar-refractivity contribution >= 4 is 5.97 Å². The highest BCUT2D eigenvalue weighted by Crippen LogP contribution is 2.34. The molecule has 1 aliphatic heterocycles. The van der Waals surface area contributed by atoms with Gasteiger partial charge in [-0.05, 0) is 18.1 Å². The molecule has 2 aromatic rings. The van der Waals surface area contributed by atoms with Crippen LogP contribution in [0.3, 0.4) is 0 Å². The molecule has 1 saturated heterocycles. The number of ether oxygens (including phenoxy) is 1. The van der Waals surface area contributed by atoms with E-state index >= 15 is 0 Å². The van der Waals surface area contributed by atoms with Crippen LogP contribution in [0.2, 0.25) is 0 Å². The van der Waals surface area contributed by atoms with Gasteiger partial charge in [0, 0.05) is 25.6 Å². The van der Waals surface area contributed by atoms with Gasteiger partial charge in [0.2, 0.25) is 0 Å². The maximum atomic E-state index is 12.2. The molecule has 0 unspecified atom stereocenters. The van der Waals surface area contributed by atoms with Gasteiger partial charge in [-0.1, -0.05) is 60.2 Å². The summed E-state index contributed by atoms with van der Waals surface area (Å²) in [7, 11) is 1.48. The molecular formula is C20H23NO2. The topological polar surface area (TPSA) is 29.5 Å². The molecule has 2 aromatic carbocycles. The van der Waals surface area contributed by atoms with E-state index in [1.807, 2.05) is 6.07 Å². The third-order valence-corrected chi connectivity index (χ3v) is 4.65. The smallest absolute Gasteiger partial charge is 0.310 e. The number of nitrogens with zero attached hydrogens (tertiary/aromatic N) is 1. The first-order chi connectivity index (χ1) is 11.2. The summed E-state index contributed by atoms with van der Waals surface area (Å²) in [4.78, 5) is 14.6. The lowest BCUT2D eigenvalue weighted by atomic mass is 9.88. The largest absolute Gasteiger partial charge is 0.469 e. The number of hydrogen-bond donors (Lipinski definition) is 0. The predicted molar refractivity (Wildman–Crippen MR) is 91.1 cm³/mol. The molecule has 2 atom stereocenters. The van der Waals surface area contributed by atoms with Gasteiger partial charge in [0.05, 0.1) is 13.0 Å². The molecule has 0 spiro atoms. The van der Waals surface area contributed by atoms with Crippen LogP contribution in [0.15, 0.2) is 54.6 Å². The Morgan fingerprint density at radius 1 is 1.09 bits per heavy atom.